The number of rotatable bonds is 2. The molecule has 4 nitrogen and oxygen atoms in total. The zero-order valence-corrected chi connectivity index (χ0v) is 14.2. The minimum Gasteiger partial charge on any atom is -0.362 e. The molecule has 0 aromatic rings. The van der Waals surface area contributed by atoms with Crippen LogP contribution in [0.25, 0.3) is 0 Å². The van der Waals surface area contributed by atoms with Crippen molar-refractivity contribution in [2.24, 2.45) is 11.0 Å². The number of nitrogens with zero attached hydrogens (tertiary/aromatic N) is 2. The third-order valence-corrected chi connectivity index (χ3v) is 4.32. The number of hydrogen-bond donors (Lipinski definition) is 2. The standard InChI is InChI=1S/C14H17ClF3N3OS/c1-3-9-7-13(22,14(16,17)18)21(20-9)12(23)19-11-5-4-8(2)6-10(11)15/h5-6,8,22H,3-4,7H2,1-2H3,(H,19,23). The van der Waals surface area contributed by atoms with Gasteiger partial charge in [-0.25, -0.2) is 0 Å². The van der Waals surface area contributed by atoms with E-state index in [0.717, 1.165) is 0 Å². The van der Waals surface area contributed by atoms with Crippen LogP contribution in [0.5, 0.6) is 0 Å². The number of hydrogen-bond acceptors (Lipinski definition) is 3. The van der Waals surface area contributed by atoms with Gasteiger partial charge in [0.2, 0.25) is 0 Å². The number of thiocarbonyl (C=S) groups is 1. The summed E-state index contributed by atoms with van der Waals surface area (Å²) in [6, 6.07) is 0. The lowest BCUT2D eigenvalue weighted by molar-refractivity contribution is -0.294. The first-order valence-electron chi connectivity index (χ1n) is 7.13. The maximum Gasteiger partial charge on any atom is 0.438 e. The Labute approximate surface area is 142 Å². The molecule has 2 N–H and O–H groups in total. The minimum absolute atomic E-state index is 0.224. The molecule has 2 aliphatic rings. The van der Waals surface area contributed by atoms with E-state index in [9.17, 15) is 18.3 Å². The van der Waals surface area contributed by atoms with E-state index in [1.165, 1.54) is 0 Å². The first-order chi connectivity index (χ1) is 10.6. The van der Waals surface area contributed by atoms with Crippen molar-refractivity contribution in [1.82, 2.24) is 10.3 Å². The van der Waals surface area contributed by atoms with Crippen molar-refractivity contribution in [3.05, 3.63) is 22.9 Å². The van der Waals surface area contributed by atoms with Crippen molar-refractivity contribution in [2.75, 3.05) is 0 Å². The summed E-state index contributed by atoms with van der Waals surface area (Å²) < 4.78 is 39.8. The molecule has 0 bridgehead atoms. The molecule has 2 atom stereocenters. The monoisotopic (exact) mass is 367 g/mol. The van der Waals surface area contributed by atoms with Gasteiger partial charge in [-0.3, -0.25) is 0 Å². The van der Waals surface area contributed by atoms with Crippen LogP contribution in [0.15, 0.2) is 28.0 Å². The Hall–Kier alpha value is -1.12. The maximum atomic E-state index is 13.3. The van der Waals surface area contributed by atoms with Crippen molar-refractivity contribution < 1.29 is 18.3 Å². The molecule has 1 heterocycles. The van der Waals surface area contributed by atoms with Gasteiger partial charge in [-0.15, -0.1) is 0 Å². The summed E-state index contributed by atoms with van der Waals surface area (Å²) in [5.74, 6) is 0.241. The SMILES string of the molecule is CCC1=NN(C(=S)NC2=CCC(C)C=C2Cl)C(O)(C(F)(F)F)C1. The second kappa shape index (κ2) is 6.41. The molecule has 128 valence electrons. The normalized spacial score (nSPS) is 28.2. The smallest absolute Gasteiger partial charge is 0.362 e. The summed E-state index contributed by atoms with van der Waals surface area (Å²) >= 11 is 11.1. The zero-order chi connectivity index (χ0) is 17.4. The zero-order valence-electron chi connectivity index (χ0n) is 12.6. The van der Waals surface area contributed by atoms with Crippen LogP contribution < -0.4 is 5.32 Å². The van der Waals surface area contributed by atoms with E-state index in [1.54, 1.807) is 19.1 Å². The molecule has 0 spiro atoms. The highest BCUT2D eigenvalue weighted by Gasteiger charge is 2.62. The average Bonchev–Trinajstić information content (AvgIpc) is 2.80. The summed E-state index contributed by atoms with van der Waals surface area (Å²) in [5.41, 5.74) is -2.50. The van der Waals surface area contributed by atoms with Crippen molar-refractivity contribution in [2.45, 2.75) is 45.0 Å². The highest BCUT2D eigenvalue weighted by molar-refractivity contribution is 7.80. The second-order valence-electron chi connectivity index (χ2n) is 5.60. The summed E-state index contributed by atoms with van der Waals surface area (Å²) in [7, 11) is 0. The van der Waals surface area contributed by atoms with Crippen LogP contribution in [0.4, 0.5) is 13.2 Å². The molecule has 1 aliphatic carbocycles. The van der Waals surface area contributed by atoms with E-state index in [4.69, 9.17) is 23.8 Å². The van der Waals surface area contributed by atoms with Crippen molar-refractivity contribution >= 4 is 34.6 Å². The van der Waals surface area contributed by atoms with Crippen LogP contribution in [-0.4, -0.2) is 32.8 Å². The van der Waals surface area contributed by atoms with E-state index in [1.807, 2.05) is 6.92 Å². The van der Waals surface area contributed by atoms with Crippen LogP contribution in [0.3, 0.4) is 0 Å². The Morgan fingerprint density at radius 1 is 1.61 bits per heavy atom. The molecule has 2 unspecified atom stereocenters. The van der Waals surface area contributed by atoms with Gasteiger partial charge < -0.3 is 10.4 Å². The molecule has 0 aromatic carbocycles. The fourth-order valence-electron chi connectivity index (χ4n) is 2.34. The molecule has 9 heteroatoms. The fourth-order valence-corrected chi connectivity index (χ4v) is 2.98. The van der Waals surface area contributed by atoms with E-state index in [2.05, 4.69) is 10.4 Å². The van der Waals surface area contributed by atoms with E-state index < -0.39 is 18.3 Å². The fraction of sp³-hybridized carbons (Fsp3) is 0.571. The third kappa shape index (κ3) is 3.54. The van der Waals surface area contributed by atoms with Gasteiger partial charge in [0.1, 0.15) is 0 Å². The third-order valence-electron chi connectivity index (χ3n) is 3.72. The summed E-state index contributed by atoms with van der Waals surface area (Å²) in [6.07, 6.45) is -1.01. The van der Waals surface area contributed by atoms with Crippen LogP contribution in [0, 0.1) is 5.92 Å². The van der Waals surface area contributed by atoms with Crippen molar-refractivity contribution in [1.29, 1.82) is 0 Å². The Morgan fingerprint density at radius 3 is 2.78 bits per heavy atom. The topological polar surface area (TPSA) is 47.9 Å². The van der Waals surface area contributed by atoms with E-state index in [-0.39, 0.29) is 16.7 Å². The molecule has 0 radical (unpaired) electrons. The van der Waals surface area contributed by atoms with Crippen LogP contribution in [-0.2, 0) is 0 Å². The highest BCUT2D eigenvalue weighted by atomic mass is 35.5. The predicted octanol–water partition coefficient (Wildman–Crippen LogP) is 3.63. The van der Waals surface area contributed by atoms with Gasteiger partial charge in [-0.05, 0) is 31.0 Å². The first kappa shape index (κ1) is 18.2. The summed E-state index contributed by atoms with van der Waals surface area (Å²) in [6.45, 7) is 3.63. The Morgan fingerprint density at radius 2 is 2.26 bits per heavy atom. The van der Waals surface area contributed by atoms with Gasteiger partial charge in [-0.2, -0.15) is 23.3 Å². The molecule has 2 rings (SSSR count). The average molecular weight is 368 g/mol. The molecule has 1 aliphatic heterocycles. The quantitative estimate of drug-likeness (QED) is 0.732. The molecule has 0 saturated carbocycles. The number of allylic oxidation sites excluding steroid dienone is 3. The lowest BCUT2D eigenvalue weighted by atomic mass is 10.0. The van der Waals surface area contributed by atoms with Gasteiger partial charge in [0.05, 0.1) is 10.7 Å². The van der Waals surface area contributed by atoms with Crippen molar-refractivity contribution in [3.8, 4) is 0 Å². The Bertz CT molecular complexity index is 603. The van der Waals surface area contributed by atoms with Gasteiger partial charge in [0.25, 0.3) is 5.72 Å². The van der Waals surface area contributed by atoms with Gasteiger partial charge in [0.15, 0.2) is 5.11 Å². The largest absolute Gasteiger partial charge is 0.438 e. The maximum absolute atomic E-state index is 13.3. The van der Waals surface area contributed by atoms with Crippen LogP contribution >= 0.6 is 23.8 Å². The van der Waals surface area contributed by atoms with Gasteiger partial charge in [0, 0.05) is 12.1 Å². The molecule has 0 fully saturated rings. The number of alkyl halides is 3. The second-order valence-corrected chi connectivity index (χ2v) is 6.39. The van der Waals surface area contributed by atoms with E-state index in [0.29, 0.717) is 28.6 Å². The number of nitrogens with one attached hydrogen (secondary N) is 1. The number of hydrazone groups is 1. The lowest BCUT2D eigenvalue weighted by Crippen LogP contribution is -2.58. The first-order valence-corrected chi connectivity index (χ1v) is 7.91. The van der Waals surface area contributed by atoms with Gasteiger partial charge >= 0.3 is 6.18 Å². The van der Waals surface area contributed by atoms with Gasteiger partial charge in [-0.1, -0.05) is 37.6 Å². The summed E-state index contributed by atoms with van der Waals surface area (Å²) in [4.78, 5) is 0. The van der Waals surface area contributed by atoms with Crippen LogP contribution in [0.2, 0.25) is 0 Å². The number of halogens is 4. The molecule has 0 saturated heterocycles. The number of aliphatic hydroxyl groups is 1. The predicted molar refractivity (Wildman–Crippen MR) is 86.7 cm³/mol. The Kier molecular flexibility index (Phi) is 5.08. The molecule has 23 heavy (non-hydrogen) atoms. The van der Waals surface area contributed by atoms with E-state index >= 15 is 0 Å². The Balaban J connectivity index is 2.23. The lowest BCUT2D eigenvalue weighted by Gasteiger charge is -2.34. The van der Waals surface area contributed by atoms with Crippen molar-refractivity contribution in [3.63, 3.8) is 0 Å². The molecule has 0 aromatic heterocycles. The molecular weight excluding hydrogens is 351 g/mol. The molecular formula is C14H17ClF3N3OS. The molecule has 0 amide bonds. The highest BCUT2D eigenvalue weighted by Crippen LogP contribution is 2.41. The van der Waals surface area contributed by atoms with Crippen LogP contribution in [0.1, 0.15) is 33.1 Å². The summed E-state index contributed by atoms with van der Waals surface area (Å²) in [5, 5.41) is 17.0. The minimum atomic E-state index is -4.89.